The van der Waals surface area contributed by atoms with Gasteiger partial charge in [0.05, 0.1) is 26.2 Å². The zero-order valence-electron chi connectivity index (χ0n) is 14.4. The molecule has 1 atom stereocenters. The normalized spacial score (nSPS) is 16.3. The molecule has 2 N–H and O–H groups in total. The summed E-state index contributed by atoms with van der Waals surface area (Å²) in [6.07, 6.45) is 0. The third-order valence-electron chi connectivity index (χ3n) is 4.76. The van der Waals surface area contributed by atoms with Crippen molar-refractivity contribution in [3.8, 4) is 0 Å². The van der Waals surface area contributed by atoms with Crippen LogP contribution in [-0.2, 0) is 4.79 Å². The highest BCUT2D eigenvalue weighted by Gasteiger charge is 2.31. The minimum atomic E-state index is -0.144. The number of para-hydroxylation sites is 1. The van der Waals surface area contributed by atoms with Gasteiger partial charge in [-0.05, 0) is 31.2 Å². The van der Waals surface area contributed by atoms with Gasteiger partial charge in [0.2, 0.25) is 0 Å². The number of anilines is 1. The summed E-state index contributed by atoms with van der Waals surface area (Å²) in [4.78, 5) is 28.0. The number of benzene rings is 2. The maximum absolute atomic E-state index is 12.5. The highest BCUT2D eigenvalue weighted by atomic mass is 16.2. The maximum atomic E-state index is 12.5. The fourth-order valence-corrected chi connectivity index (χ4v) is 3.15. The quantitative estimate of drug-likeness (QED) is 0.876. The molecule has 0 aromatic heterocycles. The van der Waals surface area contributed by atoms with Gasteiger partial charge in [0.1, 0.15) is 0 Å². The SMILES string of the molecule is C[C@H](C(=O)Nc1ccccc1)[NH+]1CCN(C(=O)c2ccccc2)CC1. The summed E-state index contributed by atoms with van der Waals surface area (Å²) in [5, 5.41) is 2.96. The van der Waals surface area contributed by atoms with Crippen LogP contribution in [0, 0.1) is 0 Å². The van der Waals surface area contributed by atoms with E-state index in [4.69, 9.17) is 0 Å². The molecule has 1 aliphatic heterocycles. The molecule has 0 spiro atoms. The molecule has 5 nitrogen and oxygen atoms in total. The van der Waals surface area contributed by atoms with E-state index in [0.29, 0.717) is 13.1 Å². The van der Waals surface area contributed by atoms with Gasteiger partial charge in [-0.3, -0.25) is 9.59 Å². The summed E-state index contributed by atoms with van der Waals surface area (Å²) in [6, 6.07) is 18.7. The first-order valence-corrected chi connectivity index (χ1v) is 8.70. The van der Waals surface area contributed by atoms with E-state index < -0.39 is 0 Å². The van der Waals surface area contributed by atoms with Crippen molar-refractivity contribution in [2.75, 3.05) is 31.5 Å². The van der Waals surface area contributed by atoms with Crippen molar-refractivity contribution >= 4 is 17.5 Å². The monoisotopic (exact) mass is 338 g/mol. The predicted octanol–water partition coefficient (Wildman–Crippen LogP) is 1.05. The van der Waals surface area contributed by atoms with Gasteiger partial charge >= 0.3 is 0 Å². The van der Waals surface area contributed by atoms with Crippen LogP contribution < -0.4 is 10.2 Å². The highest BCUT2D eigenvalue weighted by molar-refractivity contribution is 5.94. The van der Waals surface area contributed by atoms with E-state index in [1.54, 1.807) is 0 Å². The van der Waals surface area contributed by atoms with Crippen LogP contribution in [0.5, 0.6) is 0 Å². The van der Waals surface area contributed by atoms with Crippen LogP contribution in [0.2, 0.25) is 0 Å². The number of carbonyl (C=O) groups excluding carboxylic acids is 2. The average molecular weight is 338 g/mol. The van der Waals surface area contributed by atoms with Gasteiger partial charge in [-0.25, -0.2) is 0 Å². The van der Waals surface area contributed by atoms with E-state index in [2.05, 4.69) is 5.32 Å². The molecule has 2 amide bonds. The zero-order valence-corrected chi connectivity index (χ0v) is 14.4. The Morgan fingerprint density at radius 1 is 0.960 bits per heavy atom. The van der Waals surface area contributed by atoms with Crippen LogP contribution in [0.4, 0.5) is 5.69 Å². The van der Waals surface area contributed by atoms with E-state index in [1.807, 2.05) is 72.5 Å². The lowest BCUT2D eigenvalue weighted by molar-refractivity contribution is -0.917. The van der Waals surface area contributed by atoms with Crippen molar-refractivity contribution in [2.45, 2.75) is 13.0 Å². The van der Waals surface area contributed by atoms with E-state index >= 15 is 0 Å². The Morgan fingerprint density at radius 3 is 2.12 bits per heavy atom. The number of piperazine rings is 1. The lowest BCUT2D eigenvalue weighted by atomic mass is 10.1. The van der Waals surface area contributed by atoms with Crippen LogP contribution in [0.1, 0.15) is 17.3 Å². The molecule has 25 heavy (non-hydrogen) atoms. The molecule has 1 heterocycles. The van der Waals surface area contributed by atoms with Crippen molar-refractivity contribution in [3.05, 3.63) is 66.2 Å². The van der Waals surface area contributed by atoms with Crippen molar-refractivity contribution in [1.29, 1.82) is 0 Å². The number of carbonyl (C=O) groups is 2. The van der Waals surface area contributed by atoms with E-state index in [0.717, 1.165) is 24.3 Å². The molecule has 1 saturated heterocycles. The average Bonchev–Trinajstić information content (AvgIpc) is 2.68. The van der Waals surface area contributed by atoms with Gasteiger partial charge in [0.15, 0.2) is 6.04 Å². The third kappa shape index (κ3) is 4.25. The molecule has 0 aliphatic carbocycles. The Hall–Kier alpha value is -2.66. The molecule has 0 bridgehead atoms. The van der Waals surface area contributed by atoms with Crippen LogP contribution in [0.25, 0.3) is 0 Å². The standard InChI is InChI=1S/C20H23N3O2/c1-16(19(24)21-18-10-6-3-7-11-18)22-12-14-23(15-13-22)20(25)17-8-4-2-5-9-17/h2-11,16H,12-15H2,1H3,(H,21,24)/p+1/t16-/m1/s1. The van der Waals surface area contributed by atoms with Gasteiger partial charge in [0, 0.05) is 11.3 Å². The molecule has 1 aliphatic rings. The number of quaternary nitrogens is 1. The van der Waals surface area contributed by atoms with Crippen molar-refractivity contribution in [2.24, 2.45) is 0 Å². The topological polar surface area (TPSA) is 53.9 Å². The van der Waals surface area contributed by atoms with Gasteiger partial charge in [-0.15, -0.1) is 0 Å². The predicted molar refractivity (Wildman–Crippen MR) is 97.6 cm³/mol. The first-order chi connectivity index (χ1) is 12.1. The molecule has 2 aromatic rings. The third-order valence-corrected chi connectivity index (χ3v) is 4.76. The number of hydrogen-bond acceptors (Lipinski definition) is 2. The second-order valence-electron chi connectivity index (χ2n) is 6.39. The molecule has 0 radical (unpaired) electrons. The Balaban J connectivity index is 1.53. The minimum absolute atomic E-state index is 0.0176. The summed E-state index contributed by atoms with van der Waals surface area (Å²) in [5.74, 6) is 0.0880. The number of rotatable bonds is 4. The lowest BCUT2D eigenvalue weighted by Crippen LogP contribution is -3.19. The second-order valence-corrected chi connectivity index (χ2v) is 6.39. The van der Waals surface area contributed by atoms with Crippen molar-refractivity contribution < 1.29 is 14.5 Å². The molecule has 2 aromatic carbocycles. The molecule has 5 heteroatoms. The van der Waals surface area contributed by atoms with Crippen LogP contribution in [-0.4, -0.2) is 48.9 Å². The van der Waals surface area contributed by atoms with Crippen LogP contribution in [0.3, 0.4) is 0 Å². The largest absolute Gasteiger partial charge is 0.327 e. The molecule has 130 valence electrons. The lowest BCUT2D eigenvalue weighted by Gasteiger charge is -2.34. The molecular weight excluding hydrogens is 314 g/mol. The molecule has 0 unspecified atom stereocenters. The fourth-order valence-electron chi connectivity index (χ4n) is 3.15. The number of nitrogens with zero attached hydrogens (tertiary/aromatic N) is 1. The Morgan fingerprint density at radius 2 is 1.52 bits per heavy atom. The number of hydrogen-bond donors (Lipinski definition) is 2. The van der Waals surface area contributed by atoms with E-state index in [1.165, 1.54) is 4.90 Å². The zero-order chi connectivity index (χ0) is 17.6. The summed E-state index contributed by atoms with van der Waals surface area (Å²) in [6.45, 7) is 4.85. The van der Waals surface area contributed by atoms with Gasteiger partial charge in [-0.2, -0.15) is 0 Å². The van der Waals surface area contributed by atoms with Gasteiger partial charge < -0.3 is 15.1 Å². The summed E-state index contributed by atoms with van der Waals surface area (Å²) < 4.78 is 0. The van der Waals surface area contributed by atoms with E-state index in [9.17, 15) is 9.59 Å². The Bertz CT molecular complexity index is 710. The van der Waals surface area contributed by atoms with E-state index in [-0.39, 0.29) is 17.9 Å². The number of nitrogens with one attached hydrogen (secondary N) is 2. The first-order valence-electron chi connectivity index (χ1n) is 8.70. The fraction of sp³-hybridized carbons (Fsp3) is 0.300. The maximum Gasteiger partial charge on any atom is 0.282 e. The summed E-state index contributed by atoms with van der Waals surface area (Å²) >= 11 is 0. The van der Waals surface area contributed by atoms with Crippen molar-refractivity contribution in [3.63, 3.8) is 0 Å². The van der Waals surface area contributed by atoms with Crippen molar-refractivity contribution in [1.82, 2.24) is 4.90 Å². The smallest absolute Gasteiger partial charge is 0.282 e. The minimum Gasteiger partial charge on any atom is -0.327 e. The van der Waals surface area contributed by atoms with Gasteiger partial charge in [0.25, 0.3) is 11.8 Å². The van der Waals surface area contributed by atoms with Gasteiger partial charge in [-0.1, -0.05) is 36.4 Å². The summed E-state index contributed by atoms with van der Waals surface area (Å²) in [7, 11) is 0. The highest BCUT2D eigenvalue weighted by Crippen LogP contribution is 2.06. The van der Waals surface area contributed by atoms with Crippen LogP contribution >= 0.6 is 0 Å². The molecule has 0 saturated carbocycles. The Kier molecular flexibility index (Phi) is 5.46. The van der Waals surface area contributed by atoms with Crippen LogP contribution in [0.15, 0.2) is 60.7 Å². The Labute approximate surface area is 148 Å². The molecular formula is C20H24N3O2+. The first kappa shape index (κ1) is 17.2. The molecule has 3 rings (SSSR count). The number of amides is 2. The molecule has 1 fully saturated rings. The second kappa shape index (κ2) is 7.94. The summed E-state index contributed by atoms with van der Waals surface area (Å²) in [5.41, 5.74) is 1.54.